The van der Waals surface area contributed by atoms with Crippen LogP contribution in [0.25, 0.3) is 0 Å². The van der Waals surface area contributed by atoms with Crippen molar-refractivity contribution in [2.45, 2.75) is 51.4 Å². The van der Waals surface area contributed by atoms with Crippen molar-refractivity contribution in [3.05, 3.63) is 34.9 Å². The molecule has 5 aliphatic rings. The fraction of sp³-hybridized carbons (Fsp3) is 0.667. The molecule has 1 aromatic rings. The van der Waals surface area contributed by atoms with E-state index in [2.05, 4.69) is 30.0 Å². The summed E-state index contributed by atoms with van der Waals surface area (Å²) in [6, 6.07) is 6.50. The molecule has 0 spiro atoms. The van der Waals surface area contributed by atoms with E-state index >= 15 is 0 Å². The van der Waals surface area contributed by atoms with Crippen LogP contribution in [-0.4, -0.2) is 30.3 Å². The van der Waals surface area contributed by atoms with E-state index in [-0.39, 0.29) is 11.3 Å². The summed E-state index contributed by atoms with van der Waals surface area (Å²) in [7, 11) is 0. The van der Waals surface area contributed by atoms with Crippen molar-refractivity contribution < 1.29 is 4.79 Å². The Morgan fingerprint density at radius 1 is 1.17 bits per heavy atom. The first kappa shape index (κ1) is 14.2. The van der Waals surface area contributed by atoms with Gasteiger partial charge in [0.15, 0.2) is 5.78 Å². The van der Waals surface area contributed by atoms with Gasteiger partial charge in [0.05, 0.1) is 0 Å². The van der Waals surface area contributed by atoms with Gasteiger partial charge in [0.1, 0.15) is 0 Å². The fourth-order valence-corrected chi connectivity index (χ4v) is 6.35. The minimum Gasteiger partial charge on any atom is -0.303 e. The monoisotopic (exact) mass is 309 g/mol. The number of benzene rings is 1. The van der Waals surface area contributed by atoms with E-state index in [0.717, 1.165) is 24.4 Å². The van der Waals surface area contributed by atoms with Crippen LogP contribution in [0, 0.1) is 17.3 Å². The van der Waals surface area contributed by atoms with Crippen molar-refractivity contribution in [1.82, 2.24) is 4.90 Å². The van der Waals surface area contributed by atoms with Crippen LogP contribution in [0.4, 0.5) is 0 Å². The summed E-state index contributed by atoms with van der Waals surface area (Å²) in [5, 5.41) is 0. The lowest BCUT2D eigenvalue weighted by Crippen LogP contribution is -2.58. The highest BCUT2D eigenvalue weighted by Gasteiger charge is 2.52. The molecule has 122 valence electrons. The first-order chi connectivity index (χ1) is 11.2. The second kappa shape index (κ2) is 4.92. The maximum Gasteiger partial charge on any atom is 0.166 e. The van der Waals surface area contributed by atoms with E-state index in [1.165, 1.54) is 56.3 Å². The van der Waals surface area contributed by atoms with Crippen LogP contribution in [0.2, 0.25) is 0 Å². The third kappa shape index (κ3) is 1.94. The Morgan fingerprint density at radius 2 is 2.00 bits per heavy atom. The number of ketones is 1. The summed E-state index contributed by atoms with van der Waals surface area (Å²) in [5.74, 6) is 2.12. The number of rotatable bonds is 1. The molecule has 2 aliphatic carbocycles. The molecular formula is C21H27NO. The number of aryl methyl sites for hydroxylation is 1. The highest BCUT2D eigenvalue weighted by molar-refractivity contribution is 6.01. The number of fused-ring (bicyclic) bond motifs is 3. The smallest absolute Gasteiger partial charge is 0.166 e. The standard InChI is InChI=1S/C21H27NO/c1-21(13-22-10-8-16(21)9-11-22)18-12-15-6-2-4-14-5-3-7-17(19(14)15)20(18)23/h3,5,7,15-16,18H,2,4,6,8-13H2,1H3/t15-,18?,21-/m1/s1. The van der Waals surface area contributed by atoms with E-state index in [9.17, 15) is 4.79 Å². The second-order valence-corrected chi connectivity index (χ2v) is 8.68. The molecule has 3 atom stereocenters. The van der Waals surface area contributed by atoms with E-state index in [4.69, 9.17) is 0 Å². The molecule has 0 aromatic heterocycles. The molecule has 3 saturated heterocycles. The fourth-order valence-electron chi connectivity index (χ4n) is 6.35. The minimum atomic E-state index is 0.207. The lowest BCUT2D eigenvalue weighted by molar-refractivity contribution is -0.0520. The molecule has 2 nitrogen and oxygen atoms in total. The third-order valence-corrected chi connectivity index (χ3v) is 7.59. The summed E-state index contributed by atoms with van der Waals surface area (Å²) < 4.78 is 0. The summed E-state index contributed by atoms with van der Waals surface area (Å²) in [6.45, 7) is 6.09. The number of carbonyl (C=O) groups is 1. The largest absolute Gasteiger partial charge is 0.303 e. The van der Waals surface area contributed by atoms with Gasteiger partial charge in [0.2, 0.25) is 0 Å². The Balaban J connectivity index is 1.57. The van der Waals surface area contributed by atoms with Gasteiger partial charge in [0, 0.05) is 18.0 Å². The lowest BCUT2D eigenvalue weighted by atomic mass is 9.55. The zero-order chi connectivity index (χ0) is 15.6. The van der Waals surface area contributed by atoms with Crippen LogP contribution in [0.5, 0.6) is 0 Å². The van der Waals surface area contributed by atoms with Gasteiger partial charge < -0.3 is 4.90 Å². The van der Waals surface area contributed by atoms with Gasteiger partial charge >= 0.3 is 0 Å². The first-order valence-corrected chi connectivity index (χ1v) is 9.55. The molecule has 1 aromatic carbocycles. The second-order valence-electron chi connectivity index (χ2n) is 8.68. The van der Waals surface area contributed by atoms with E-state index in [1.54, 1.807) is 0 Å². The lowest BCUT2D eigenvalue weighted by Gasteiger charge is -2.56. The van der Waals surface area contributed by atoms with E-state index in [0.29, 0.717) is 11.7 Å². The summed E-state index contributed by atoms with van der Waals surface area (Å²) in [6.07, 6.45) is 7.48. The third-order valence-electron chi connectivity index (χ3n) is 7.59. The predicted octanol–water partition coefficient (Wildman–Crippen LogP) is 4.04. The molecule has 0 radical (unpaired) electrons. The molecule has 3 heterocycles. The zero-order valence-electron chi connectivity index (χ0n) is 14.2. The van der Waals surface area contributed by atoms with Gasteiger partial charge in [-0.25, -0.2) is 0 Å². The average Bonchev–Trinajstić information content (AvgIpc) is 2.59. The normalized spacial score (nSPS) is 41.7. The van der Waals surface area contributed by atoms with E-state index in [1.807, 2.05) is 0 Å². The summed E-state index contributed by atoms with van der Waals surface area (Å²) in [5.41, 5.74) is 4.19. The number of hydrogen-bond acceptors (Lipinski definition) is 2. The van der Waals surface area contributed by atoms with Crippen molar-refractivity contribution in [3.8, 4) is 0 Å². The highest BCUT2D eigenvalue weighted by atomic mass is 16.1. The Bertz CT molecular complexity index is 658. The minimum absolute atomic E-state index is 0.207. The molecule has 6 rings (SSSR count). The van der Waals surface area contributed by atoms with Crippen LogP contribution in [0.15, 0.2) is 18.2 Å². The van der Waals surface area contributed by atoms with Crippen LogP contribution in [0.3, 0.4) is 0 Å². The summed E-state index contributed by atoms with van der Waals surface area (Å²) >= 11 is 0. The van der Waals surface area contributed by atoms with Gasteiger partial charge in [0.25, 0.3) is 0 Å². The molecule has 2 bridgehead atoms. The van der Waals surface area contributed by atoms with Crippen molar-refractivity contribution in [3.63, 3.8) is 0 Å². The van der Waals surface area contributed by atoms with Crippen molar-refractivity contribution in [2.75, 3.05) is 19.6 Å². The summed E-state index contributed by atoms with van der Waals surface area (Å²) in [4.78, 5) is 16.0. The van der Waals surface area contributed by atoms with Gasteiger partial charge in [-0.2, -0.15) is 0 Å². The Hall–Kier alpha value is -1.15. The van der Waals surface area contributed by atoms with Gasteiger partial charge in [-0.3, -0.25) is 4.79 Å². The van der Waals surface area contributed by atoms with Gasteiger partial charge in [-0.05, 0) is 80.0 Å². The molecule has 2 heteroatoms. The molecule has 0 saturated carbocycles. The van der Waals surface area contributed by atoms with Gasteiger partial charge in [-0.15, -0.1) is 0 Å². The number of carbonyl (C=O) groups excluding carboxylic acids is 1. The van der Waals surface area contributed by atoms with E-state index < -0.39 is 0 Å². The molecule has 0 N–H and O–H groups in total. The maximum atomic E-state index is 13.4. The first-order valence-electron chi connectivity index (χ1n) is 9.55. The van der Waals surface area contributed by atoms with Crippen LogP contribution in [0.1, 0.15) is 66.4 Å². The molecule has 0 amide bonds. The average molecular weight is 309 g/mol. The van der Waals surface area contributed by atoms with Crippen LogP contribution < -0.4 is 0 Å². The number of piperidine rings is 3. The Labute approximate surface area is 139 Å². The molecule has 3 fully saturated rings. The molecule has 3 aliphatic heterocycles. The quantitative estimate of drug-likeness (QED) is 0.780. The van der Waals surface area contributed by atoms with Crippen molar-refractivity contribution in [2.24, 2.45) is 17.3 Å². The zero-order valence-corrected chi connectivity index (χ0v) is 14.2. The van der Waals surface area contributed by atoms with Crippen LogP contribution >= 0.6 is 0 Å². The number of Topliss-reactive ketones (excluding diaryl/α,β-unsaturated/α-hetero) is 1. The highest BCUT2D eigenvalue weighted by Crippen LogP contribution is 2.54. The molecular weight excluding hydrogens is 282 g/mol. The number of hydrogen-bond donors (Lipinski definition) is 0. The number of nitrogens with zero attached hydrogens (tertiary/aromatic N) is 1. The topological polar surface area (TPSA) is 20.3 Å². The van der Waals surface area contributed by atoms with Crippen molar-refractivity contribution in [1.29, 1.82) is 0 Å². The SMILES string of the molecule is C[C@@]1(C2C[C@H]3CCCc4cccc(c43)C2=O)CN2CCC1CC2. The van der Waals surface area contributed by atoms with Gasteiger partial charge in [-0.1, -0.05) is 25.1 Å². The maximum absolute atomic E-state index is 13.4. The molecule has 1 unspecified atom stereocenters. The van der Waals surface area contributed by atoms with Crippen LogP contribution in [-0.2, 0) is 6.42 Å². The Morgan fingerprint density at radius 3 is 2.74 bits per heavy atom. The molecule has 23 heavy (non-hydrogen) atoms. The Kier molecular flexibility index (Phi) is 3.04. The van der Waals surface area contributed by atoms with Crippen molar-refractivity contribution >= 4 is 5.78 Å². The predicted molar refractivity (Wildman–Crippen MR) is 91.8 cm³/mol.